The molecular formula is C20H21ClN2O2. The SMILES string of the molecule is Cc1cc(C)cc(C(=O)N2CCN(C(=O)c3ccc(Cl)cc3)CC2)c1. The first-order chi connectivity index (χ1) is 11.9. The summed E-state index contributed by atoms with van der Waals surface area (Å²) in [7, 11) is 0. The lowest BCUT2D eigenvalue weighted by Crippen LogP contribution is -2.50. The average Bonchev–Trinajstić information content (AvgIpc) is 2.60. The summed E-state index contributed by atoms with van der Waals surface area (Å²) in [5.74, 6) is 0.0144. The molecule has 0 aliphatic carbocycles. The maximum absolute atomic E-state index is 12.7. The topological polar surface area (TPSA) is 40.6 Å². The van der Waals surface area contributed by atoms with Gasteiger partial charge in [0.1, 0.15) is 0 Å². The van der Waals surface area contributed by atoms with Gasteiger partial charge in [-0.1, -0.05) is 28.8 Å². The maximum Gasteiger partial charge on any atom is 0.253 e. The molecule has 0 bridgehead atoms. The van der Waals surface area contributed by atoms with Crippen molar-refractivity contribution in [2.75, 3.05) is 26.2 Å². The summed E-state index contributed by atoms with van der Waals surface area (Å²) in [4.78, 5) is 28.8. The zero-order valence-corrected chi connectivity index (χ0v) is 15.2. The van der Waals surface area contributed by atoms with E-state index in [2.05, 4.69) is 6.07 Å². The van der Waals surface area contributed by atoms with Crippen LogP contribution in [0.25, 0.3) is 0 Å². The van der Waals surface area contributed by atoms with Crippen molar-refractivity contribution in [3.8, 4) is 0 Å². The summed E-state index contributed by atoms with van der Waals surface area (Å²) < 4.78 is 0. The summed E-state index contributed by atoms with van der Waals surface area (Å²) in [6.45, 7) is 6.16. The highest BCUT2D eigenvalue weighted by Gasteiger charge is 2.25. The molecule has 0 radical (unpaired) electrons. The van der Waals surface area contributed by atoms with Crippen molar-refractivity contribution in [2.24, 2.45) is 0 Å². The molecule has 2 aromatic rings. The number of amides is 2. The lowest BCUT2D eigenvalue weighted by molar-refractivity contribution is 0.0535. The molecule has 0 atom stereocenters. The maximum atomic E-state index is 12.7. The Hall–Kier alpha value is -2.33. The Labute approximate surface area is 153 Å². The first-order valence-corrected chi connectivity index (χ1v) is 8.74. The van der Waals surface area contributed by atoms with Crippen LogP contribution >= 0.6 is 11.6 Å². The summed E-state index contributed by atoms with van der Waals surface area (Å²) in [6, 6.07) is 12.8. The van der Waals surface area contributed by atoms with Crippen LogP contribution in [0.3, 0.4) is 0 Å². The van der Waals surface area contributed by atoms with Gasteiger partial charge in [0.2, 0.25) is 0 Å². The molecule has 1 aliphatic heterocycles. The molecule has 0 N–H and O–H groups in total. The van der Waals surface area contributed by atoms with E-state index in [0.29, 0.717) is 36.8 Å². The van der Waals surface area contributed by atoms with Crippen molar-refractivity contribution < 1.29 is 9.59 Å². The molecule has 1 saturated heterocycles. The van der Waals surface area contributed by atoms with E-state index in [4.69, 9.17) is 11.6 Å². The number of piperazine rings is 1. The minimum absolute atomic E-state index is 0.0184. The fourth-order valence-corrected chi connectivity index (χ4v) is 3.29. The van der Waals surface area contributed by atoms with E-state index < -0.39 is 0 Å². The first-order valence-electron chi connectivity index (χ1n) is 8.36. The molecular weight excluding hydrogens is 336 g/mol. The number of carbonyl (C=O) groups excluding carboxylic acids is 2. The van der Waals surface area contributed by atoms with Gasteiger partial charge in [0, 0.05) is 42.3 Å². The number of aryl methyl sites for hydroxylation is 2. The number of hydrogen-bond acceptors (Lipinski definition) is 2. The van der Waals surface area contributed by atoms with Crippen LogP contribution in [0, 0.1) is 13.8 Å². The second-order valence-corrected chi connectivity index (χ2v) is 6.90. The van der Waals surface area contributed by atoms with Gasteiger partial charge in [-0.2, -0.15) is 0 Å². The average molecular weight is 357 g/mol. The van der Waals surface area contributed by atoms with Crippen LogP contribution in [-0.4, -0.2) is 47.8 Å². The molecule has 0 saturated carbocycles. The van der Waals surface area contributed by atoms with E-state index in [-0.39, 0.29) is 11.8 Å². The molecule has 4 nitrogen and oxygen atoms in total. The van der Waals surface area contributed by atoms with Crippen molar-refractivity contribution in [1.29, 1.82) is 0 Å². The van der Waals surface area contributed by atoms with Crippen LogP contribution in [0.1, 0.15) is 31.8 Å². The number of hydrogen-bond donors (Lipinski definition) is 0. The monoisotopic (exact) mass is 356 g/mol. The van der Waals surface area contributed by atoms with Gasteiger partial charge in [-0.25, -0.2) is 0 Å². The molecule has 130 valence electrons. The summed E-state index contributed by atoms with van der Waals surface area (Å²) in [5, 5.41) is 0.611. The van der Waals surface area contributed by atoms with E-state index in [9.17, 15) is 9.59 Å². The number of halogens is 1. The normalized spacial score (nSPS) is 14.5. The highest BCUT2D eigenvalue weighted by atomic mass is 35.5. The van der Waals surface area contributed by atoms with Crippen LogP contribution in [0.2, 0.25) is 5.02 Å². The fourth-order valence-electron chi connectivity index (χ4n) is 3.17. The Morgan fingerprint density at radius 2 is 1.20 bits per heavy atom. The van der Waals surface area contributed by atoms with Gasteiger partial charge in [-0.3, -0.25) is 9.59 Å². The summed E-state index contributed by atoms with van der Waals surface area (Å²) >= 11 is 5.87. The first kappa shape index (κ1) is 17.5. The Morgan fingerprint density at radius 1 is 0.760 bits per heavy atom. The lowest BCUT2D eigenvalue weighted by atomic mass is 10.1. The molecule has 1 fully saturated rings. The Morgan fingerprint density at radius 3 is 1.68 bits per heavy atom. The summed E-state index contributed by atoms with van der Waals surface area (Å²) in [6.07, 6.45) is 0. The molecule has 25 heavy (non-hydrogen) atoms. The largest absolute Gasteiger partial charge is 0.335 e. The van der Waals surface area contributed by atoms with Gasteiger partial charge in [0.05, 0.1) is 0 Å². The van der Waals surface area contributed by atoms with Crippen molar-refractivity contribution in [1.82, 2.24) is 9.80 Å². The predicted octanol–water partition coefficient (Wildman–Crippen LogP) is 3.56. The highest BCUT2D eigenvalue weighted by Crippen LogP contribution is 2.16. The Bertz CT molecular complexity index is 774. The van der Waals surface area contributed by atoms with E-state index in [1.165, 1.54) is 0 Å². The van der Waals surface area contributed by atoms with Gasteiger partial charge >= 0.3 is 0 Å². The van der Waals surface area contributed by atoms with Crippen molar-refractivity contribution in [2.45, 2.75) is 13.8 Å². The molecule has 3 rings (SSSR count). The number of benzene rings is 2. The third-order valence-corrected chi connectivity index (χ3v) is 4.67. The number of rotatable bonds is 2. The quantitative estimate of drug-likeness (QED) is 0.825. The zero-order valence-electron chi connectivity index (χ0n) is 14.5. The van der Waals surface area contributed by atoms with Crippen LogP contribution in [0.4, 0.5) is 0 Å². The van der Waals surface area contributed by atoms with E-state index in [0.717, 1.165) is 16.7 Å². The molecule has 5 heteroatoms. The van der Waals surface area contributed by atoms with Gasteiger partial charge in [0.15, 0.2) is 0 Å². The molecule has 1 heterocycles. The van der Waals surface area contributed by atoms with Gasteiger partial charge < -0.3 is 9.80 Å². The van der Waals surface area contributed by atoms with Crippen LogP contribution in [-0.2, 0) is 0 Å². The summed E-state index contributed by atoms with van der Waals surface area (Å²) in [5.41, 5.74) is 3.51. The second kappa shape index (κ2) is 7.28. The van der Waals surface area contributed by atoms with Crippen molar-refractivity contribution in [3.63, 3.8) is 0 Å². The number of nitrogens with zero attached hydrogens (tertiary/aromatic N) is 2. The van der Waals surface area contributed by atoms with Crippen LogP contribution < -0.4 is 0 Å². The van der Waals surface area contributed by atoms with E-state index >= 15 is 0 Å². The molecule has 0 spiro atoms. The molecule has 2 amide bonds. The van der Waals surface area contributed by atoms with Gasteiger partial charge in [0.25, 0.3) is 11.8 Å². The van der Waals surface area contributed by atoms with Gasteiger partial charge in [-0.15, -0.1) is 0 Å². The minimum Gasteiger partial charge on any atom is -0.335 e. The molecule has 0 unspecified atom stereocenters. The fraction of sp³-hybridized carbons (Fsp3) is 0.300. The van der Waals surface area contributed by atoms with Crippen molar-refractivity contribution >= 4 is 23.4 Å². The Balaban J connectivity index is 1.64. The molecule has 1 aliphatic rings. The minimum atomic E-state index is -0.0184. The molecule has 0 aromatic heterocycles. The predicted molar refractivity (Wildman–Crippen MR) is 99.2 cm³/mol. The van der Waals surface area contributed by atoms with Gasteiger partial charge in [-0.05, 0) is 50.2 Å². The van der Waals surface area contributed by atoms with Crippen molar-refractivity contribution in [3.05, 3.63) is 69.7 Å². The zero-order chi connectivity index (χ0) is 18.0. The smallest absolute Gasteiger partial charge is 0.253 e. The third-order valence-electron chi connectivity index (χ3n) is 4.41. The number of carbonyl (C=O) groups is 2. The molecule has 2 aromatic carbocycles. The lowest BCUT2D eigenvalue weighted by Gasteiger charge is -2.35. The standard InChI is InChI=1S/C20H21ClN2O2/c1-14-11-15(2)13-17(12-14)20(25)23-9-7-22(8-10-23)19(24)16-3-5-18(21)6-4-16/h3-6,11-13H,7-10H2,1-2H3. The second-order valence-electron chi connectivity index (χ2n) is 6.47. The van der Waals surface area contributed by atoms with Crippen LogP contribution in [0.5, 0.6) is 0 Å². The highest BCUT2D eigenvalue weighted by molar-refractivity contribution is 6.30. The van der Waals surface area contributed by atoms with Crippen LogP contribution in [0.15, 0.2) is 42.5 Å². The Kier molecular flexibility index (Phi) is 5.09. The third kappa shape index (κ3) is 4.02. The van der Waals surface area contributed by atoms with E-state index in [1.54, 1.807) is 29.2 Å². The van der Waals surface area contributed by atoms with E-state index in [1.807, 2.05) is 30.9 Å².